The molecule has 4 rings (SSSR count). The third-order valence-corrected chi connectivity index (χ3v) is 7.19. The number of anilines is 3. The highest BCUT2D eigenvalue weighted by molar-refractivity contribution is 7.93. The Labute approximate surface area is 184 Å². The van der Waals surface area contributed by atoms with Crippen molar-refractivity contribution in [1.29, 1.82) is 0 Å². The first-order valence-corrected chi connectivity index (χ1v) is 11.7. The maximum atomic E-state index is 12.5. The van der Waals surface area contributed by atoms with Gasteiger partial charge < -0.3 is 10.6 Å². The number of carbonyl (C=O) groups is 1. The van der Waals surface area contributed by atoms with Gasteiger partial charge in [-0.05, 0) is 61.4 Å². The first kappa shape index (κ1) is 20.8. The zero-order valence-electron chi connectivity index (χ0n) is 16.8. The monoisotopic (exact) mass is 452 g/mol. The molecular weight excluding hydrogens is 432 g/mol. The van der Waals surface area contributed by atoms with Gasteiger partial charge in [0.25, 0.3) is 10.0 Å². The summed E-state index contributed by atoms with van der Waals surface area (Å²) in [6.07, 6.45) is 0. The van der Waals surface area contributed by atoms with E-state index in [9.17, 15) is 13.2 Å². The number of aryl methyl sites for hydroxylation is 1. The molecule has 158 valence electrons. The van der Waals surface area contributed by atoms with E-state index in [1.54, 1.807) is 36.4 Å². The Bertz CT molecular complexity index is 1370. The van der Waals surface area contributed by atoms with Crippen LogP contribution < -0.4 is 15.4 Å². The highest BCUT2D eigenvalue weighted by Gasteiger charge is 2.16. The Morgan fingerprint density at radius 2 is 1.71 bits per heavy atom. The molecule has 9 heteroatoms. The summed E-state index contributed by atoms with van der Waals surface area (Å²) < 4.78 is 28.3. The van der Waals surface area contributed by atoms with Gasteiger partial charge >= 0.3 is 6.03 Å². The average molecular weight is 453 g/mol. The summed E-state index contributed by atoms with van der Waals surface area (Å²) in [6.45, 7) is 3.94. The first-order chi connectivity index (χ1) is 14.8. The molecule has 2 amide bonds. The van der Waals surface area contributed by atoms with Crippen molar-refractivity contribution in [3.63, 3.8) is 0 Å². The number of benzene rings is 3. The number of nitrogens with zero attached hydrogens (tertiary/aromatic N) is 1. The molecule has 0 saturated carbocycles. The Morgan fingerprint density at radius 3 is 2.48 bits per heavy atom. The van der Waals surface area contributed by atoms with Crippen molar-refractivity contribution in [1.82, 2.24) is 4.98 Å². The van der Waals surface area contributed by atoms with Crippen molar-refractivity contribution in [2.75, 3.05) is 15.4 Å². The summed E-state index contributed by atoms with van der Waals surface area (Å²) in [4.78, 5) is 16.9. The minimum atomic E-state index is -3.71. The molecule has 0 fully saturated rings. The van der Waals surface area contributed by atoms with Gasteiger partial charge in [-0.15, -0.1) is 0 Å². The number of carbonyl (C=O) groups excluding carboxylic acids is 1. The lowest BCUT2D eigenvalue weighted by Gasteiger charge is -2.11. The molecular formula is C22H20N4O3S2. The summed E-state index contributed by atoms with van der Waals surface area (Å²) >= 11 is 1.20. The van der Waals surface area contributed by atoms with Gasteiger partial charge in [-0.2, -0.15) is 0 Å². The molecule has 0 bridgehead atoms. The van der Waals surface area contributed by atoms with E-state index in [4.69, 9.17) is 0 Å². The molecule has 1 aromatic heterocycles. The van der Waals surface area contributed by atoms with E-state index in [0.29, 0.717) is 11.2 Å². The van der Waals surface area contributed by atoms with Gasteiger partial charge in [0.05, 0.1) is 15.1 Å². The van der Waals surface area contributed by atoms with Crippen LogP contribution in [0.4, 0.5) is 21.3 Å². The van der Waals surface area contributed by atoms with Crippen LogP contribution in [0.5, 0.6) is 0 Å². The molecule has 0 aliphatic carbocycles. The first-order valence-electron chi connectivity index (χ1n) is 9.44. The van der Waals surface area contributed by atoms with Crippen LogP contribution >= 0.6 is 11.3 Å². The molecule has 0 radical (unpaired) electrons. The predicted molar refractivity (Wildman–Crippen MR) is 125 cm³/mol. The van der Waals surface area contributed by atoms with Gasteiger partial charge in [-0.25, -0.2) is 18.2 Å². The SMILES string of the molecule is Cc1cccc(NC(=O)Nc2ccc3nc(NS(=O)(=O)c4ccccc4)sc3c2)c1C. The fourth-order valence-corrected chi connectivity index (χ4v) is 5.15. The van der Waals surface area contributed by atoms with Crippen LogP contribution in [0.15, 0.2) is 71.6 Å². The zero-order valence-corrected chi connectivity index (χ0v) is 18.5. The zero-order chi connectivity index (χ0) is 22.0. The van der Waals surface area contributed by atoms with Crippen LogP contribution in [-0.4, -0.2) is 19.4 Å². The van der Waals surface area contributed by atoms with Gasteiger partial charge in [0.15, 0.2) is 5.13 Å². The van der Waals surface area contributed by atoms with E-state index in [1.165, 1.54) is 23.5 Å². The number of hydrogen-bond donors (Lipinski definition) is 3. The van der Waals surface area contributed by atoms with Crippen molar-refractivity contribution in [3.8, 4) is 0 Å². The van der Waals surface area contributed by atoms with E-state index in [2.05, 4.69) is 20.3 Å². The second kappa shape index (κ2) is 8.37. The molecule has 3 aromatic carbocycles. The fourth-order valence-electron chi connectivity index (χ4n) is 2.99. The molecule has 7 nitrogen and oxygen atoms in total. The highest BCUT2D eigenvalue weighted by Crippen LogP contribution is 2.30. The Balaban J connectivity index is 1.50. The number of aromatic nitrogens is 1. The molecule has 0 atom stereocenters. The summed E-state index contributed by atoms with van der Waals surface area (Å²) in [6, 6.07) is 18.7. The fraction of sp³-hybridized carbons (Fsp3) is 0.0909. The number of amides is 2. The van der Waals surface area contributed by atoms with Gasteiger partial charge in [-0.3, -0.25) is 4.72 Å². The van der Waals surface area contributed by atoms with Crippen LogP contribution in [0.2, 0.25) is 0 Å². The largest absolute Gasteiger partial charge is 0.323 e. The third kappa shape index (κ3) is 4.68. The van der Waals surface area contributed by atoms with E-state index in [-0.39, 0.29) is 16.1 Å². The lowest BCUT2D eigenvalue weighted by atomic mass is 10.1. The van der Waals surface area contributed by atoms with Crippen LogP contribution in [0.25, 0.3) is 10.2 Å². The molecule has 4 aromatic rings. The summed E-state index contributed by atoms with van der Waals surface area (Å²) in [5.74, 6) is 0. The molecule has 3 N–H and O–H groups in total. The Morgan fingerprint density at radius 1 is 0.935 bits per heavy atom. The molecule has 0 saturated heterocycles. The van der Waals surface area contributed by atoms with E-state index < -0.39 is 10.0 Å². The smallest absolute Gasteiger partial charge is 0.308 e. The van der Waals surface area contributed by atoms with Gasteiger partial charge in [-0.1, -0.05) is 41.7 Å². The minimum Gasteiger partial charge on any atom is -0.308 e. The Kier molecular flexibility index (Phi) is 5.62. The van der Waals surface area contributed by atoms with Crippen molar-refractivity contribution >= 4 is 54.1 Å². The lowest BCUT2D eigenvalue weighted by Crippen LogP contribution is -2.20. The van der Waals surface area contributed by atoms with Gasteiger partial charge in [0.2, 0.25) is 0 Å². The van der Waals surface area contributed by atoms with Crippen molar-refractivity contribution in [3.05, 3.63) is 77.9 Å². The van der Waals surface area contributed by atoms with Gasteiger partial charge in [0, 0.05) is 11.4 Å². The van der Waals surface area contributed by atoms with Crippen LogP contribution in [0.1, 0.15) is 11.1 Å². The van der Waals surface area contributed by atoms with Gasteiger partial charge in [0.1, 0.15) is 0 Å². The predicted octanol–water partition coefficient (Wildman–Crippen LogP) is 5.36. The molecule has 0 spiro atoms. The number of hydrogen-bond acceptors (Lipinski definition) is 5. The number of thiazole rings is 1. The van der Waals surface area contributed by atoms with E-state index >= 15 is 0 Å². The number of sulfonamides is 1. The standard InChI is InChI=1S/C22H20N4O3S2/c1-14-7-6-10-18(15(14)2)24-21(27)23-16-11-12-19-20(13-16)30-22(25-19)26-31(28,29)17-8-4-3-5-9-17/h3-13H,1-2H3,(H,25,26)(H2,23,24,27). The maximum absolute atomic E-state index is 12.5. The third-order valence-electron chi connectivity index (χ3n) is 4.77. The average Bonchev–Trinajstić information content (AvgIpc) is 3.13. The van der Waals surface area contributed by atoms with Crippen LogP contribution in [0, 0.1) is 13.8 Å². The second-order valence-electron chi connectivity index (χ2n) is 6.95. The number of rotatable bonds is 5. The number of fused-ring (bicyclic) bond motifs is 1. The number of nitrogens with one attached hydrogen (secondary N) is 3. The summed E-state index contributed by atoms with van der Waals surface area (Å²) in [5, 5.41) is 5.91. The molecule has 0 aliphatic rings. The second-order valence-corrected chi connectivity index (χ2v) is 9.66. The van der Waals surface area contributed by atoms with Crippen molar-refractivity contribution in [2.45, 2.75) is 18.7 Å². The molecule has 0 aliphatic heterocycles. The highest BCUT2D eigenvalue weighted by atomic mass is 32.2. The molecule has 0 unspecified atom stereocenters. The Hall–Kier alpha value is -3.43. The summed E-state index contributed by atoms with van der Waals surface area (Å²) in [7, 11) is -3.71. The lowest BCUT2D eigenvalue weighted by molar-refractivity contribution is 0.262. The topological polar surface area (TPSA) is 100 Å². The van der Waals surface area contributed by atoms with E-state index in [1.807, 2.05) is 32.0 Å². The minimum absolute atomic E-state index is 0.166. The van der Waals surface area contributed by atoms with E-state index in [0.717, 1.165) is 21.5 Å². The summed E-state index contributed by atoms with van der Waals surface area (Å²) in [5.41, 5.74) is 4.06. The van der Waals surface area contributed by atoms with Crippen LogP contribution in [0.3, 0.4) is 0 Å². The van der Waals surface area contributed by atoms with Crippen molar-refractivity contribution in [2.24, 2.45) is 0 Å². The quantitative estimate of drug-likeness (QED) is 0.380. The van der Waals surface area contributed by atoms with Crippen molar-refractivity contribution < 1.29 is 13.2 Å². The van der Waals surface area contributed by atoms with Crippen LogP contribution in [-0.2, 0) is 10.0 Å². The normalized spacial score (nSPS) is 11.3. The molecule has 31 heavy (non-hydrogen) atoms. The molecule has 1 heterocycles. The maximum Gasteiger partial charge on any atom is 0.323 e. The number of urea groups is 1.